The largest absolute Gasteiger partial charge is 0.326 e. The quantitative estimate of drug-likeness (QED) is 0.535. The van der Waals surface area contributed by atoms with Crippen LogP contribution in [0.5, 0.6) is 0 Å². The normalized spacial score (nSPS) is 12.1. The zero-order chi connectivity index (χ0) is 21.1. The lowest BCUT2D eigenvalue weighted by Gasteiger charge is -2.16. The molecule has 8 heteroatoms. The summed E-state index contributed by atoms with van der Waals surface area (Å²) in [7, 11) is 0. The maximum atomic E-state index is 13.0. The zero-order valence-corrected chi connectivity index (χ0v) is 16.8. The Morgan fingerprint density at radius 1 is 1.13 bits per heavy atom. The van der Waals surface area contributed by atoms with Crippen molar-refractivity contribution in [2.24, 2.45) is 0 Å². The van der Waals surface area contributed by atoms with E-state index in [1.165, 1.54) is 11.0 Å². The fraction of sp³-hybridized carbons (Fsp3) is 0.227. The van der Waals surface area contributed by atoms with Gasteiger partial charge in [-0.15, -0.1) is 0 Å². The number of anilines is 1. The van der Waals surface area contributed by atoms with Crippen LogP contribution in [0.4, 0.5) is 5.69 Å². The average molecular weight is 402 g/mol. The van der Waals surface area contributed by atoms with Crippen molar-refractivity contribution >= 4 is 22.4 Å². The first-order valence-corrected chi connectivity index (χ1v) is 9.78. The number of fused-ring (bicyclic) bond motifs is 1. The molecule has 8 nitrogen and oxygen atoms in total. The Balaban J connectivity index is 1.60. The van der Waals surface area contributed by atoms with Crippen LogP contribution in [0.25, 0.3) is 10.8 Å². The van der Waals surface area contributed by atoms with Crippen molar-refractivity contribution in [1.82, 2.24) is 24.5 Å². The van der Waals surface area contributed by atoms with Gasteiger partial charge in [-0.3, -0.25) is 9.59 Å². The van der Waals surface area contributed by atoms with Crippen molar-refractivity contribution in [3.63, 3.8) is 0 Å². The molecule has 0 aliphatic carbocycles. The molecule has 0 saturated heterocycles. The second-order valence-electron chi connectivity index (χ2n) is 7.06. The van der Waals surface area contributed by atoms with Crippen LogP contribution in [0.3, 0.4) is 0 Å². The molecule has 0 aliphatic heterocycles. The summed E-state index contributed by atoms with van der Waals surface area (Å²) in [6, 6.07) is 14.9. The van der Waals surface area contributed by atoms with E-state index in [9.17, 15) is 9.59 Å². The molecular formula is C22H22N6O2. The van der Waals surface area contributed by atoms with Gasteiger partial charge in [0.05, 0.1) is 23.5 Å². The van der Waals surface area contributed by atoms with Gasteiger partial charge in [-0.2, -0.15) is 10.2 Å². The molecule has 0 bridgehead atoms. The van der Waals surface area contributed by atoms with Gasteiger partial charge in [-0.25, -0.2) is 14.3 Å². The van der Waals surface area contributed by atoms with Crippen LogP contribution in [0.1, 0.15) is 31.0 Å². The Bertz CT molecular complexity index is 1250. The van der Waals surface area contributed by atoms with E-state index in [1.54, 1.807) is 24.0 Å². The molecule has 2 aromatic carbocycles. The van der Waals surface area contributed by atoms with Crippen LogP contribution in [-0.4, -0.2) is 30.5 Å². The van der Waals surface area contributed by atoms with Crippen LogP contribution in [0.15, 0.2) is 66.0 Å². The third-order valence-electron chi connectivity index (χ3n) is 5.00. The number of nitrogens with zero attached hydrogens (tertiary/aromatic N) is 5. The van der Waals surface area contributed by atoms with Gasteiger partial charge in [0.15, 0.2) is 0 Å². The molecule has 152 valence electrons. The van der Waals surface area contributed by atoms with Crippen LogP contribution in [0, 0.1) is 0 Å². The highest BCUT2D eigenvalue weighted by Gasteiger charge is 2.21. The Morgan fingerprint density at radius 3 is 2.67 bits per heavy atom. The number of hydrogen-bond acceptors (Lipinski definition) is 5. The lowest BCUT2D eigenvalue weighted by Crippen LogP contribution is -2.27. The Morgan fingerprint density at radius 2 is 1.93 bits per heavy atom. The monoisotopic (exact) mass is 402 g/mol. The van der Waals surface area contributed by atoms with Crippen molar-refractivity contribution in [2.75, 3.05) is 5.32 Å². The number of aromatic nitrogens is 5. The second kappa shape index (κ2) is 8.28. The first kappa shape index (κ1) is 19.5. The molecular weight excluding hydrogens is 380 g/mol. The van der Waals surface area contributed by atoms with Gasteiger partial charge in [0.25, 0.3) is 5.56 Å². The first-order chi connectivity index (χ1) is 14.6. The molecule has 1 amide bonds. The third kappa shape index (κ3) is 3.84. The van der Waals surface area contributed by atoms with Gasteiger partial charge in [-0.1, -0.05) is 30.3 Å². The van der Waals surface area contributed by atoms with E-state index in [0.717, 1.165) is 5.56 Å². The molecule has 4 rings (SSSR count). The first-order valence-electron chi connectivity index (χ1n) is 9.78. The van der Waals surface area contributed by atoms with Crippen molar-refractivity contribution in [3.8, 4) is 0 Å². The second-order valence-corrected chi connectivity index (χ2v) is 7.06. The lowest BCUT2D eigenvalue weighted by atomic mass is 10.0. The van der Waals surface area contributed by atoms with Gasteiger partial charge in [0.1, 0.15) is 12.7 Å². The third-order valence-corrected chi connectivity index (χ3v) is 5.00. The highest BCUT2D eigenvalue weighted by molar-refractivity contribution is 5.98. The van der Waals surface area contributed by atoms with E-state index >= 15 is 0 Å². The zero-order valence-electron chi connectivity index (χ0n) is 16.8. The summed E-state index contributed by atoms with van der Waals surface area (Å²) in [5.74, 6) is -0.723. The Labute approximate surface area is 173 Å². The van der Waals surface area contributed by atoms with E-state index in [1.807, 2.05) is 49.4 Å². The Hall–Kier alpha value is -3.81. The van der Waals surface area contributed by atoms with E-state index in [-0.39, 0.29) is 11.5 Å². The number of amides is 1. The molecule has 0 saturated carbocycles. The summed E-state index contributed by atoms with van der Waals surface area (Å²) in [6.07, 6.45) is 3.13. The highest BCUT2D eigenvalue weighted by Crippen LogP contribution is 2.23. The summed E-state index contributed by atoms with van der Waals surface area (Å²) in [4.78, 5) is 29.5. The summed E-state index contributed by atoms with van der Waals surface area (Å²) in [6.45, 7) is 4.66. The van der Waals surface area contributed by atoms with E-state index in [2.05, 4.69) is 20.5 Å². The minimum Gasteiger partial charge on any atom is -0.326 e. The maximum absolute atomic E-state index is 13.0. The SMILES string of the molecule is CCn1nc([C@H](C)C(=O)Nc2cccc(Cn3cncn3)c2)c2ccccc2c1=O. The summed E-state index contributed by atoms with van der Waals surface area (Å²) in [5, 5.41) is 12.8. The number of hydrogen-bond donors (Lipinski definition) is 1. The molecule has 2 aromatic heterocycles. The molecule has 1 atom stereocenters. The molecule has 0 fully saturated rings. The van der Waals surface area contributed by atoms with Gasteiger partial charge >= 0.3 is 0 Å². The fourth-order valence-corrected chi connectivity index (χ4v) is 3.42. The van der Waals surface area contributed by atoms with E-state index in [0.29, 0.717) is 35.2 Å². The van der Waals surface area contributed by atoms with Gasteiger partial charge < -0.3 is 5.32 Å². The predicted molar refractivity (Wildman–Crippen MR) is 114 cm³/mol. The summed E-state index contributed by atoms with van der Waals surface area (Å²) < 4.78 is 3.12. The van der Waals surface area contributed by atoms with Crippen molar-refractivity contribution in [2.45, 2.75) is 32.9 Å². The molecule has 30 heavy (non-hydrogen) atoms. The fourth-order valence-electron chi connectivity index (χ4n) is 3.42. The van der Waals surface area contributed by atoms with Crippen molar-refractivity contribution < 1.29 is 4.79 Å². The summed E-state index contributed by atoms with van der Waals surface area (Å²) >= 11 is 0. The van der Waals surface area contributed by atoms with E-state index < -0.39 is 5.92 Å². The minimum absolute atomic E-state index is 0.148. The molecule has 0 unspecified atom stereocenters. The van der Waals surface area contributed by atoms with Crippen LogP contribution in [-0.2, 0) is 17.9 Å². The van der Waals surface area contributed by atoms with Gasteiger partial charge in [0.2, 0.25) is 5.91 Å². The van der Waals surface area contributed by atoms with Crippen LogP contribution < -0.4 is 10.9 Å². The van der Waals surface area contributed by atoms with Gasteiger partial charge in [0, 0.05) is 17.6 Å². The Kier molecular flexibility index (Phi) is 5.38. The van der Waals surface area contributed by atoms with Crippen molar-refractivity contribution in [3.05, 3.63) is 82.8 Å². The molecule has 2 heterocycles. The smallest absolute Gasteiger partial charge is 0.274 e. The number of nitrogens with one attached hydrogen (secondary N) is 1. The molecule has 0 aliphatic rings. The summed E-state index contributed by atoms with van der Waals surface area (Å²) in [5.41, 5.74) is 2.13. The number of benzene rings is 2. The van der Waals surface area contributed by atoms with Crippen LogP contribution in [0.2, 0.25) is 0 Å². The molecule has 4 aromatic rings. The highest BCUT2D eigenvalue weighted by atomic mass is 16.2. The van der Waals surface area contributed by atoms with Gasteiger partial charge in [-0.05, 0) is 37.6 Å². The standard InChI is InChI=1S/C22H22N6O2/c1-3-28-22(30)19-10-5-4-9-18(19)20(26-28)15(2)21(29)25-17-8-6-7-16(11-17)12-27-14-23-13-24-27/h4-11,13-15H,3,12H2,1-2H3,(H,25,29)/t15-/m0/s1. The lowest BCUT2D eigenvalue weighted by molar-refractivity contribution is -0.117. The number of aryl methyl sites for hydroxylation is 1. The number of carbonyl (C=O) groups excluding carboxylic acids is 1. The average Bonchev–Trinajstić information content (AvgIpc) is 3.27. The maximum Gasteiger partial charge on any atom is 0.274 e. The molecule has 1 N–H and O–H groups in total. The molecule has 0 radical (unpaired) electrons. The molecule has 0 spiro atoms. The predicted octanol–water partition coefficient (Wildman–Crippen LogP) is 2.80. The number of carbonyl (C=O) groups is 1. The van der Waals surface area contributed by atoms with Crippen LogP contribution >= 0.6 is 0 Å². The van der Waals surface area contributed by atoms with E-state index in [4.69, 9.17) is 0 Å². The van der Waals surface area contributed by atoms with Crippen molar-refractivity contribution in [1.29, 1.82) is 0 Å². The topological polar surface area (TPSA) is 94.7 Å². The minimum atomic E-state index is -0.535. The number of rotatable bonds is 6.